The Hall–Kier alpha value is -2.16. The van der Waals surface area contributed by atoms with Gasteiger partial charge in [-0.25, -0.2) is 0 Å². The minimum atomic E-state index is 1.13. The number of hydrogen-bond acceptors (Lipinski definition) is 2. The molecule has 0 atom stereocenters. The Balaban J connectivity index is 2.18. The molecule has 2 heterocycles. The number of benzene rings is 1. The van der Waals surface area contributed by atoms with Crippen LogP contribution in [0.1, 0.15) is 0 Å². The van der Waals surface area contributed by atoms with E-state index in [2.05, 4.69) is 28.3 Å². The first-order valence-electron chi connectivity index (χ1n) is 5.16. The summed E-state index contributed by atoms with van der Waals surface area (Å²) in [7, 11) is 1.92. The molecule has 0 saturated carbocycles. The van der Waals surface area contributed by atoms with E-state index >= 15 is 0 Å². The quantitative estimate of drug-likeness (QED) is 0.616. The molecule has 16 heavy (non-hydrogen) atoms. The summed E-state index contributed by atoms with van der Waals surface area (Å²) in [4.78, 5) is 4.13. The summed E-state index contributed by atoms with van der Waals surface area (Å²) in [6.45, 7) is 0. The molecule has 3 aromatic rings. The van der Waals surface area contributed by atoms with Gasteiger partial charge in [-0.2, -0.15) is 5.10 Å². The van der Waals surface area contributed by atoms with Crippen molar-refractivity contribution in [3.8, 4) is 11.1 Å². The van der Waals surface area contributed by atoms with E-state index < -0.39 is 0 Å². The number of aromatic nitrogens is 3. The molecule has 0 fully saturated rings. The largest absolute Gasteiger partial charge is 0.275 e. The van der Waals surface area contributed by atoms with Crippen molar-refractivity contribution in [3.63, 3.8) is 0 Å². The van der Waals surface area contributed by atoms with Crippen molar-refractivity contribution in [3.05, 3.63) is 49.1 Å². The fourth-order valence-corrected chi connectivity index (χ4v) is 1.83. The number of pyridine rings is 1. The summed E-state index contributed by atoms with van der Waals surface area (Å²) in [5.74, 6) is 0. The molecule has 78 valence electrons. The summed E-state index contributed by atoms with van der Waals surface area (Å²) < 4.78 is 1.81. The highest BCUT2D eigenvalue weighted by atomic mass is 15.2. The third-order valence-electron chi connectivity index (χ3n) is 2.68. The minimum Gasteiger partial charge on any atom is -0.275 e. The molecule has 0 spiro atoms. The van der Waals surface area contributed by atoms with Crippen LogP contribution in [0.3, 0.4) is 0 Å². The van der Waals surface area contributed by atoms with Gasteiger partial charge < -0.3 is 0 Å². The lowest BCUT2D eigenvalue weighted by Gasteiger charge is -2.00. The van der Waals surface area contributed by atoms with Crippen molar-refractivity contribution in [1.82, 2.24) is 14.8 Å². The molecule has 0 N–H and O–H groups in total. The van der Waals surface area contributed by atoms with Crippen LogP contribution in [-0.4, -0.2) is 14.8 Å². The van der Waals surface area contributed by atoms with Gasteiger partial charge in [0.05, 0.1) is 6.20 Å². The maximum atomic E-state index is 4.17. The van der Waals surface area contributed by atoms with E-state index in [1.807, 2.05) is 42.6 Å². The van der Waals surface area contributed by atoms with Crippen LogP contribution in [0, 0.1) is 0 Å². The highest BCUT2D eigenvalue weighted by Gasteiger charge is 2.01. The van der Waals surface area contributed by atoms with Crippen LogP contribution in [0.15, 0.2) is 49.1 Å². The molecule has 0 amide bonds. The van der Waals surface area contributed by atoms with E-state index in [0.717, 1.165) is 10.9 Å². The second-order valence-electron chi connectivity index (χ2n) is 3.84. The van der Waals surface area contributed by atoms with Crippen LogP contribution in [-0.2, 0) is 7.05 Å². The fraction of sp³-hybridized carbons (Fsp3) is 0.0769. The van der Waals surface area contributed by atoms with E-state index in [9.17, 15) is 0 Å². The Bertz CT molecular complexity index is 640. The molecule has 3 heteroatoms. The molecule has 3 rings (SSSR count). The first-order valence-corrected chi connectivity index (χ1v) is 5.16. The smallest absolute Gasteiger partial charge is 0.0568 e. The average Bonchev–Trinajstić information content (AvgIpc) is 2.75. The Morgan fingerprint density at radius 3 is 2.75 bits per heavy atom. The lowest BCUT2D eigenvalue weighted by molar-refractivity contribution is 0.768. The Labute approximate surface area is 93.4 Å². The molecule has 0 saturated heterocycles. The van der Waals surface area contributed by atoms with Crippen LogP contribution in [0.25, 0.3) is 21.9 Å². The normalized spacial score (nSPS) is 10.8. The zero-order chi connectivity index (χ0) is 11.0. The molecule has 0 radical (unpaired) electrons. The molecule has 0 aliphatic carbocycles. The third kappa shape index (κ3) is 1.46. The summed E-state index contributed by atoms with van der Waals surface area (Å²) in [5, 5.41) is 6.54. The number of nitrogens with zero attached hydrogens (tertiary/aromatic N) is 3. The lowest BCUT2D eigenvalue weighted by Crippen LogP contribution is -1.84. The fourth-order valence-electron chi connectivity index (χ4n) is 1.83. The highest BCUT2D eigenvalue weighted by Crippen LogP contribution is 2.23. The van der Waals surface area contributed by atoms with Gasteiger partial charge in [-0.05, 0) is 23.1 Å². The van der Waals surface area contributed by atoms with E-state index in [1.165, 1.54) is 10.9 Å². The van der Waals surface area contributed by atoms with Crippen molar-refractivity contribution >= 4 is 10.8 Å². The van der Waals surface area contributed by atoms with Gasteiger partial charge in [0.15, 0.2) is 0 Å². The molecule has 1 aromatic carbocycles. The second-order valence-corrected chi connectivity index (χ2v) is 3.84. The van der Waals surface area contributed by atoms with E-state index in [4.69, 9.17) is 0 Å². The molecule has 0 aliphatic heterocycles. The van der Waals surface area contributed by atoms with Crippen LogP contribution in [0.2, 0.25) is 0 Å². The monoisotopic (exact) mass is 209 g/mol. The second kappa shape index (κ2) is 3.45. The van der Waals surface area contributed by atoms with Gasteiger partial charge in [0.1, 0.15) is 0 Å². The summed E-state index contributed by atoms with van der Waals surface area (Å²) in [6, 6.07) is 8.38. The average molecular weight is 209 g/mol. The van der Waals surface area contributed by atoms with Gasteiger partial charge in [0.25, 0.3) is 0 Å². The Morgan fingerprint density at radius 2 is 1.94 bits per heavy atom. The first-order chi connectivity index (χ1) is 7.83. The number of aryl methyl sites for hydroxylation is 1. The topological polar surface area (TPSA) is 30.7 Å². The van der Waals surface area contributed by atoms with Crippen LogP contribution < -0.4 is 0 Å². The van der Waals surface area contributed by atoms with Crippen LogP contribution in [0.5, 0.6) is 0 Å². The highest BCUT2D eigenvalue weighted by molar-refractivity contribution is 5.86. The van der Waals surface area contributed by atoms with E-state index in [1.54, 1.807) is 0 Å². The Morgan fingerprint density at radius 1 is 1.00 bits per heavy atom. The van der Waals surface area contributed by atoms with E-state index in [0.29, 0.717) is 0 Å². The number of rotatable bonds is 1. The van der Waals surface area contributed by atoms with Gasteiger partial charge in [-0.15, -0.1) is 0 Å². The van der Waals surface area contributed by atoms with Crippen molar-refractivity contribution < 1.29 is 0 Å². The molecule has 0 unspecified atom stereocenters. The maximum Gasteiger partial charge on any atom is 0.0568 e. The predicted molar refractivity (Wildman–Crippen MR) is 63.9 cm³/mol. The standard InChI is InChI=1S/C13H11N3/c1-16-9-13(8-15-16)11-3-2-10-4-5-14-7-12(10)6-11/h2-9H,1H3. The molecule has 0 bridgehead atoms. The lowest BCUT2D eigenvalue weighted by atomic mass is 10.1. The number of fused-ring (bicyclic) bond motifs is 1. The zero-order valence-electron chi connectivity index (χ0n) is 8.96. The number of hydrogen-bond donors (Lipinski definition) is 0. The van der Waals surface area contributed by atoms with Crippen LogP contribution in [0.4, 0.5) is 0 Å². The predicted octanol–water partition coefficient (Wildman–Crippen LogP) is 2.64. The Kier molecular flexibility index (Phi) is 1.96. The van der Waals surface area contributed by atoms with Gasteiger partial charge >= 0.3 is 0 Å². The van der Waals surface area contributed by atoms with Crippen molar-refractivity contribution in [2.45, 2.75) is 0 Å². The molecular formula is C13H11N3. The molecule has 0 aliphatic rings. The molecular weight excluding hydrogens is 198 g/mol. The molecule has 2 aromatic heterocycles. The summed E-state index contributed by atoms with van der Waals surface area (Å²) >= 11 is 0. The molecule has 3 nitrogen and oxygen atoms in total. The van der Waals surface area contributed by atoms with Gasteiger partial charge in [-0.3, -0.25) is 9.67 Å². The maximum absolute atomic E-state index is 4.17. The SMILES string of the molecule is Cn1cc(-c2ccc3ccncc3c2)cn1. The van der Waals surface area contributed by atoms with Gasteiger partial charge in [-0.1, -0.05) is 12.1 Å². The first kappa shape index (κ1) is 9.09. The van der Waals surface area contributed by atoms with Crippen molar-refractivity contribution in [1.29, 1.82) is 0 Å². The zero-order valence-corrected chi connectivity index (χ0v) is 8.96. The summed E-state index contributed by atoms with van der Waals surface area (Å²) in [5.41, 5.74) is 2.31. The van der Waals surface area contributed by atoms with Crippen molar-refractivity contribution in [2.24, 2.45) is 7.05 Å². The van der Waals surface area contributed by atoms with Gasteiger partial charge in [0.2, 0.25) is 0 Å². The van der Waals surface area contributed by atoms with Crippen molar-refractivity contribution in [2.75, 3.05) is 0 Å². The third-order valence-corrected chi connectivity index (χ3v) is 2.68. The van der Waals surface area contributed by atoms with Crippen LogP contribution >= 0.6 is 0 Å². The summed E-state index contributed by atoms with van der Waals surface area (Å²) in [6.07, 6.45) is 7.58. The van der Waals surface area contributed by atoms with E-state index in [-0.39, 0.29) is 0 Å². The van der Waals surface area contributed by atoms with Gasteiger partial charge in [0, 0.05) is 36.6 Å². The minimum absolute atomic E-state index is 1.13.